The van der Waals surface area contributed by atoms with E-state index < -0.39 is 10.0 Å². The van der Waals surface area contributed by atoms with Crippen LogP contribution in [0.5, 0.6) is 5.75 Å². The summed E-state index contributed by atoms with van der Waals surface area (Å²) >= 11 is 0. The standard InChI is InChI=1S/C18H20N4O3S/c1-25-17-6-4-3-5-16(17)21-9-10-22-15-8-7-13(20-26(2,23)24)11-14(15)19-18(22)12-21/h3-8,11,20H,9-10,12H2,1-2H3. The van der Waals surface area contributed by atoms with Crippen molar-refractivity contribution in [1.29, 1.82) is 0 Å². The van der Waals surface area contributed by atoms with Gasteiger partial charge in [0.05, 0.1) is 42.3 Å². The summed E-state index contributed by atoms with van der Waals surface area (Å²) in [6.45, 7) is 2.33. The highest BCUT2D eigenvalue weighted by atomic mass is 32.2. The Labute approximate surface area is 152 Å². The lowest BCUT2D eigenvalue weighted by atomic mass is 10.2. The Bertz CT molecular complexity index is 1080. The van der Waals surface area contributed by atoms with Crippen molar-refractivity contribution in [2.45, 2.75) is 13.1 Å². The Morgan fingerprint density at radius 1 is 1.15 bits per heavy atom. The Kier molecular flexibility index (Phi) is 3.99. The second-order valence-corrected chi connectivity index (χ2v) is 8.10. The zero-order valence-corrected chi connectivity index (χ0v) is 15.5. The molecular formula is C18H20N4O3S. The molecule has 2 heterocycles. The first-order valence-electron chi connectivity index (χ1n) is 8.29. The molecule has 0 amide bonds. The maximum Gasteiger partial charge on any atom is 0.229 e. The first-order chi connectivity index (χ1) is 12.4. The molecular weight excluding hydrogens is 352 g/mol. The van der Waals surface area contributed by atoms with Gasteiger partial charge in [-0.3, -0.25) is 4.72 Å². The van der Waals surface area contributed by atoms with E-state index in [9.17, 15) is 8.42 Å². The number of methoxy groups -OCH3 is 1. The summed E-state index contributed by atoms with van der Waals surface area (Å²) in [6.07, 6.45) is 1.14. The quantitative estimate of drug-likeness (QED) is 0.761. The molecule has 3 aromatic rings. The Morgan fingerprint density at radius 2 is 1.96 bits per heavy atom. The third kappa shape index (κ3) is 3.08. The Hall–Kier alpha value is -2.74. The van der Waals surface area contributed by atoms with E-state index in [-0.39, 0.29) is 0 Å². The summed E-state index contributed by atoms with van der Waals surface area (Å²) in [6, 6.07) is 13.4. The van der Waals surface area contributed by atoms with Crippen LogP contribution in [0.2, 0.25) is 0 Å². The van der Waals surface area contributed by atoms with E-state index in [1.54, 1.807) is 19.2 Å². The van der Waals surface area contributed by atoms with Gasteiger partial charge in [-0.2, -0.15) is 0 Å². The molecule has 4 rings (SSSR count). The molecule has 0 fully saturated rings. The van der Waals surface area contributed by atoms with Crippen LogP contribution in [-0.4, -0.2) is 37.9 Å². The molecule has 26 heavy (non-hydrogen) atoms. The maximum absolute atomic E-state index is 11.4. The third-order valence-electron chi connectivity index (χ3n) is 4.48. The summed E-state index contributed by atoms with van der Waals surface area (Å²) in [5.74, 6) is 1.80. The van der Waals surface area contributed by atoms with E-state index in [4.69, 9.17) is 9.72 Å². The van der Waals surface area contributed by atoms with Gasteiger partial charge in [-0.05, 0) is 30.3 Å². The molecule has 2 aromatic carbocycles. The predicted octanol–water partition coefficient (Wildman–Crippen LogP) is 2.44. The molecule has 1 aromatic heterocycles. The van der Waals surface area contributed by atoms with Crippen LogP contribution in [0, 0.1) is 0 Å². The van der Waals surface area contributed by atoms with Crippen molar-refractivity contribution in [2.75, 3.05) is 29.5 Å². The zero-order chi connectivity index (χ0) is 18.3. The van der Waals surface area contributed by atoms with Crippen LogP contribution in [0.15, 0.2) is 42.5 Å². The number of aromatic nitrogens is 2. The number of sulfonamides is 1. The first kappa shape index (κ1) is 16.7. The van der Waals surface area contributed by atoms with Gasteiger partial charge in [-0.1, -0.05) is 12.1 Å². The lowest BCUT2D eigenvalue weighted by Gasteiger charge is -2.30. The minimum atomic E-state index is -3.31. The molecule has 0 bridgehead atoms. The fourth-order valence-electron chi connectivity index (χ4n) is 3.39. The van der Waals surface area contributed by atoms with Gasteiger partial charge in [-0.15, -0.1) is 0 Å². The number of hydrogen-bond donors (Lipinski definition) is 1. The second-order valence-electron chi connectivity index (χ2n) is 6.35. The summed E-state index contributed by atoms with van der Waals surface area (Å²) in [7, 11) is -1.63. The number of hydrogen-bond acceptors (Lipinski definition) is 5. The number of imidazole rings is 1. The van der Waals surface area contributed by atoms with E-state index in [1.165, 1.54) is 0 Å². The van der Waals surface area contributed by atoms with Crippen molar-refractivity contribution < 1.29 is 13.2 Å². The van der Waals surface area contributed by atoms with Crippen LogP contribution in [0.3, 0.4) is 0 Å². The average molecular weight is 372 g/mol. The number of benzene rings is 2. The molecule has 1 aliphatic heterocycles. The fraction of sp³-hybridized carbons (Fsp3) is 0.278. The molecule has 0 radical (unpaired) electrons. The van der Waals surface area contributed by atoms with Gasteiger partial charge in [-0.25, -0.2) is 13.4 Å². The molecule has 136 valence electrons. The minimum absolute atomic E-state index is 0.525. The van der Waals surface area contributed by atoms with Crippen molar-refractivity contribution in [1.82, 2.24) is 9.55 Å². The van der Waals surface area contributed by atoms with E-state index >= 15 is 0 Å². The highest BCUT2D eigenvalue weighted by Gasteiger charge is 2.22. The number of ether oxygens (including phenoxy) is 1. The van der Waals surface area contributed by atoms with E-state index in [0.717, 1.165) is 47.6 Å². The molecule has 0 atom stereocenters. The monoisotopic (exact) mass is 372 g/mol. The van der Waals surface area contributed by atoms with Gasteiger partial charge >= 0.3 is 0 Å². The van der Waals surface area contributed by atoms with Crippen LogP contribution in [0.4, 0.5) is 11.4 Å². The largest absolute Gasteiger partial charge is 0.495 e. The van der Waals surface area contributed by atoms with Crippen molar-refractivity contribution in [2.24, 2.45) is 0 Å². The molecule has 0 spiro atoms. The van der Waals surface area contributed by atoms with Gasteiger partial charge in [0.25, 0.3) is 0 Å². The number of nitrogens with zero attached hydrogens (tertiary/aromatic N) is 3. The molecule has 7 nitrogen and oxygen atoms in total. The van der Waals surface area contributed by atoms with Crippen LogP contribution in [-0.2, 0) is 23.1 Å². The highest BCUT2D eigenvalue weighted by molar-refractivity contribution is 7.92. The SMILES string of the molecule is COc1ccccc1N1CCn2c(nc3cc(NS(C)(=O)=O)ccc32)C1. The lowest BCUT2D eigenvalue weighted by Crippen LogP contribution is -2.33. The topological polar surface area (TPSA) is 76.5 Å². The van der Waals surface area contributed by atoms with Crippen LogP contribution < -0.4 is 14.4 Å². The smallest absolute Gasteiger partial charge is 0.229 e. The third-order valence-corrected chi connectivity index (χ3v) is 5.09. The predicted molar refractivity (Wildman–Crippen MR) is 102 cm³/mol. The Morgan fingerprint density at radius 3 is 2.73 bits per heavy atom. The van der Waals surface area contributed by atoms with Gasteiger partial charge in [0.2, 0.25) is 10.0 Å². The van der Waals surface area contributed by atoms with E-state index in [1.807, 2.05) is 30.3 Å². The van der Waals surface area contributed by atoms with E-state index in [0.29, 0.717) is 12.2 Å². The van der Waals surface area contributed by atoms with Crippen molar-refractivity contribution in [3.05, 3.63) is 48.3 Å². The number of fused-ring (bicyclic) bond motifs is 3. The van der Waals surface area contributed by atoms with Crippen LogP contribution in [0.1, 0.15) is 5.82 Å². The molecule has 0 aliphatic carbocycles. The van der Waals surface area contributed by atoms with Crippen LogP contribution >= 0.6 is 0 Å². The van der Waals surface area contributed by atoms with E-state index in [2.05, 4.69) is 14.2 Å². The average Bonchev–Trinajstić information content (AvgIpc) is 2.96. The van der Waals surface area contributed by atoms with Crippen molar-refractivity contribution >= 4 is 32.4 Å². The second kappa shape index (κ2) is 6.21. The molecule has 0 saturated carbocycles. The maximum atomic E-state index is 11.4. The van der Waals surface area contributed by atoms with Crippen molar-refractivity contribution in [3.8, 4) is 5.75 Å². The Balaban J connectivity index is 1.68. The normalized spacial score (nSPS) is 14.3. The van der Waals surface area contributed by atoms with Gasteiger partial charge < -0.3 is 14.2 Å². The summed E-state index contributed by atoms with van der Waals surface area (Å²) in [5, 5.41) is 0. The number of anilines is 2. The highest BCUT2D eigenvalue weighted by Crippen LogP contribution is 2.32. The van der Waals surface area contributed by atoms with Gasteiger partial charge in [0.15, 0.2) is 0 Å². The molecule has 1 N–H and O–H groups in total. The zero-order valence-electron chi connectivity index (χ0n) is 14.6. The fourth-order valence-corrected chi connectivity index (χ4v) is 3.95. The van der Waals surface area contributed by atoms with Crippen molar-refractivity contribution in [3.63, 3.8) is 0 Å². The minimum Gasteiger partial charge on any atom is -0.495 e. The number of para-hydroxylation sites is 2. The lowest BCUT2D eigenvalue weighted by molar-refractivity contribution is 0.412. The van der Waals surface area contributed by atoms with Crippen LogP contribution in [0.25, 0.3) is 11.0 Å². The number of nitrogens with one attached hydrogen (secondary N) is 1. The molecule has 1 aliphatic rings. The number of rotatable bonds is 4. The van der Waals surface area contributed by atoms with Gasteiger partial charge in [0, 0.05) is 13.1 Å². The molecule has 0 unspecified atom stereocenters. The molecule has 0 saturated heterocycles. The summed E-state index contributed by atoms with van der Waals surface area (Å²) in [5.41, 5.74) is 3.37. The van der Waals surface area contributed by atoms with Gasteiger partial charge in [0.1, 0.15) is 11.6 Å². The first-order valence-corrected chi connectivity index (χ1v) is 10.2. The summed E-state index contributed by atoms with van der Waals surface area (Å²) in [4.78, 5) is 6.97. The molecule has 8 heteroatoms. The summed E-state index contributed by atoms with van der Waals surface area (Å²) < 4.78 is 33.0.